The summed E-state index contributed by atoms with van der Waals surface area (Å²) < 4.78 is 77.5. The Bertz CT molecular complexity index is 1040. The van der Waals surface area contributed by atoms with Crippen LogP contribution in [-0.4, -0.2) is 26.7 Å². The van der Waals surface area contributed by atoms with E-state index in [0.717, 1.165) is 11.8 Å². The minimum Gasteiger partial charge on any atom is -0.244 e. The van der Waals surface area contributed by atoms with E-state index < -0.39 is 42.7 Å². The van der Waals surface area contributed by atoms with E-state index in [0.29, 0.717) is 3.97 Å². The van der Waals surface area contributed by atoms with Crippen LogP contribution in [0.15, 0.2) is 40.3 Å². The summed E-state index contributed by atoms with van der Waals surface area (Å²) in [5.74, 6) is -3.11. The molecule has 0 amide bonds. The van der Waals surface area contributed by atoms with Gasteiger partial charge in [-0.1, -0.05) is 17.7 Å². The molecule has 0 saturated carbocycles. The molecule has 25 heavy (non-hydrogen) atoms. The SMILES string of the molecule is Cc1ccc(S(=O)(=O)n2cc(S(=O)(=O)Cl)c3c2CC(F)(F)CC3)cc1. The number of aromatic nitrogens is 1. The van der Waals surface area contributed by atoms with Crippen molar-refractivity contribution in [3.8, 4) is 0 Å². The van der Waals surface area contributed by atoms with E-state index in [9.17, 15) is 25.6 Å². The Morgan fingerprint density at radius 1 is 1.12 bits per heavy atom. The highest BCUT2D eigenvalue weighted by Gasteiger charge is 2.41. The molecule has 1 aliphatic rings. The summed E-state index contributed by atoms with van der Waals surface area (Å²) in [5.41, 5.74) is 0.622. The highest BCUT2D eigenvalue weighted by atomic mass is 35.7. The maximum atomic E-state index is 13.8. The number of alkyl halides is 2. The van der Waals surface area contributed by atoms with Gasteiger partial charge in [0.15, 0.2) is 0 Å². The number of benzene rings is 1. The van der Waals surface area contributed by atoms with Gasteiger partial charge >= 0.3 is 0 Å². The van der Waals surface area contributed by atoms with Crippen LogP contribution in [0.4, 0.5) is 8.78 Å². The Morgan fingerprint density at radius 3 is 2.28 bits per heavy atom. The molecule has 2 aromatic rings. The molecule has 136 valence electrons. The molecule has 3 rings (SSSR count). The van der Waals surface area contributed by atoms with Crippen LogP contribution in [0.1, 0.15) is 23.2 Å². The smallest absolute Gasteiger partial charge is 0.244 e. The van der Waals surface area contributed by atoms with Gasteiger partial charge in [-0.05, 0) is 31.0 Å². The average Bonchev–Trinajstić information content (AvgIpc) is 2.85. The molecule has 0 unspecified atom stereocenters. The first-order chi connectivity index (χ1) is 11.4. The second-order valence-electron chi connectivity index (χ2n) is 6.00. The summed E-state index contributed by atoms with van der Waals surface area (Å²) in [6.45, 7) is 1.77. The molecule has 0 fully saturated rings. The van der Waals surface area contributed by atoms with Crippen LogP contribution in [-0.2, 0) is 31.9 Å². The molecule has 5 nitrogen and oxygen atoms in total. The van der Waals surface area contributed by atoms with E-state index in [1.807, 2.05) is 0 Å². The van der Waals surface area contributed by atoms with Crippen molar-refractivity contribution in [3.05, 3.63) is 47.3 Å². The topological polar surface area (TPSA) is 73.2 Å². The zero-order valence-corrected chi connectivity index (χ0v) is 15.4. The van der Waals surface area contributed by atoms with Crippen molar-refractivity contribution in [2.45, 2.75) is 41.9 Å². The van der Waals surface area contributed by atoms with Gasteiger partial charge in [-0.25, -0.2) is 29.6 Å². The number of fused-ring (bicyclic) bond motifs is 1. The van der Waals surface area contributed by atoms with Crippen LogP contribution >= 0.6 is 10.7 Å². The van der Waals surface area contributed by atoms with E-state index in [1.54, 1.807) is 19.1 Å². The molecular weight excluding hydrogens is 396 g/mol. The number of hydrogen-bond acceptors (Lipinski definition) is 4. The van der Waals surface area contributed by atoms with E-state index >= 15 is 0 Å². The lowest BCUT2D eigenvalue weighted by Crippen LogP contribution is -2.29. The van der Waals surface area contributed by atoms with Crippen molar-refractivity contribution in [1.29, 1.82) is 0 Å². The molecular formula is C15H14ClF2NO4S2. The minimum absolute atomic E-state index is 0.0385. The summed E-state index contributed by atoms with van der Waals surface area (Å²) in [6.07, 6.45) is -0.864. The molecule has 0 N–H and O–H groups in total. The standard InChI is InChI=1S/C15H14ClF2NO4S2/c1-10-2-4-11(5-3-10)25(22,23)19-9-14(24(16,20)21)12-6-7-15(17,18)8-13(12)19/h2-5,9H,6-8H2,1H3. The third-order valence-corrected chi connectivity index (χ3v) is 7.24. The van der Waals surface area contributed by atoms with Crippen molar-refractivity contribution in [2.75, 3.05) is 0 Å². The zero-order chi connectivity index (χ0) is 18.6. The quantitative estimate of drug-likeness (QED) is 0.730. The molecule has 1 aliphatic carbocycles. The Balaban J connectivity index is 2.26. The average molecular weight is 410 g/mol. The molecule has 0 atom stereocenters. The number of aryl methyl sites for hydroxylation is 1. The van der Waals surface area contributed by atoms with Crippen molar-refractivity contribution in [3.63, 3.8) is 0 Å². The maximum Gasteiger partial charge on any atom is 0.267 e. The fraction of sp³-hybridized carbons (Fsp3) is 0.333. The van der Waals surface area contributed by atoms with Gasteiger partial charge in [0.2, 0.25) is 0 Å². The van der Waals surface area contributed by atoms with Crippen molar-refractivity contribution in [2.24, 2.45) is 0 Å². The Hall–Kier alpha value is -1.45. The van der Waals surface area contributed by atoms with Gasteiger partial charge in [-0.2, -0.15) is 0 Å². The first kappa shape index (κ1) is 18.3. The summed E-state index contributed by atoms with van der Waals surface area (Å²) in [7, 11) is -3.12. The zero-order valence-electron chi connectivity index (χ0n) is 13.0. The summed E-state index contributed by atoms with van der Waals surface area (Å²) in [5, 5.41) is 0. The molecule has 0 bridgehead atoms. The molecule has 1 aromatic carbocycles. The fourth-order valence-corrected chi connectivity index (χ4v) is 5.51. The highest BCUT2D eigenvalue weighted by Crippen LogP contribution is 2.39. The third kappa shape index (κ3) is 3.32. The number of halogens is 3. The molecule has 0 saturated heterocycles. The number of nitrogens with zero attached hydrogens (tertiary/aromatic N) is 1. The van der Waals surface area contributed by atoms with Crippen LogP contribution in [0.25, 0.3) is 0 Å². The Kier molecular flexibility index (Phi) is 4.24. The molecule has 0 radical (unpaired) electrons. The van der Waals surface area contributed by atoms with E-state index in [-0.39, 0.29) is 22.6 Å². The normalized spacial score (nSPS) is 17.3. The lowest BCUT2D eigenvalue weighted by Gasteiger charge is -2.24. The third-order valence-electron chi connectivity index (χ3n) is 4.15. The summed E-state index contributed by atoms with van der Waals surface area (Å²) >= 11 is 0. The van der Waals surface area contributed by atoms with Gasteiger partial charge in [0.25, 0.3) is 25.0 Å². The first-order valence-electron chi connectivity index (χ1n) is 7.30. The molecule has 0 spiro atoms. The van der Waals surface area contributed by atoms with Gasteiger partial charge in [0, 0.05) is 29.0 Å². The van der Waals surface area contributed by atoms with E-state index in [4.69, 9.17) is 10.7 Å². The van der Waals surface area contributed by atoms with E-state index in [1.165, 1.54) is 12.1 Å². The van der Waals surface area contributed by atoms with Crippen LogP contribution < -0.4 is 0 Å². The van der Waals surface area contributed by atoms with Crippen molar-refractivity contribution < 1.29 is 25.6 Å². The molecule has 0 aliphatic heterocycles. The van der Waals surface area contributed by atoms with Crippen molar-refractivity contribution >= 4 is 29.8 Å². The van der Waals surface area contributed by atoms with Crippen molar-refractivity contribution in [1.82, 2.24) is 3.97 Å². The fourth-order valence-electron chi connectivity index (χ4n) is 2.88. The van der Waals surface area contributed by atoms with Gasteiger partial charge < -0.3 is 0 Å². The predicted octanol–water partition coefficient (Wildman–Crippen LogP) is 3.09. The predicted molar refractivity (Wildman–Crippen MR) is 88.2 cm³/mol. The van der Waals surface area contributed by atoms with Crippen LogP contribution in [0, 0.1) is 6.92 Å². The summed E-state index contributed by atoms with van der Waals surface area (Å²) in [4.78, 5) is -0.557. The lowest BCUT2D eigenvalue weighted by atomic mass is 9.95. The largest absolute Gasteiger partial charge is 0.267 e. The second kappa shape index (κ2) is 5.78. The molecule has 10 heteroatoms. The minimum atomic E-state index is -4.27. The maximum absolute atomic E-state index is 13.8. The number of hydrogen-bond donors (Lipinski definition) is 0. The summed E-state index contributed by atoms with van der Waals surface area (Å²) in [6, 6.07) is 5.81. The Labute approximate surface area is 148 Å². The molecule has 1 aromatic heterocycles. The molecule has 1 heterocycles. The first-order valence-corrected chi connectivity index (χ1v) is 11.0. The second-order valence-corrected chi connectivity index (χ2v) is 10.4. The Morgan fingerprint density at radius 2 is 1.72 bits per heavy atom. The van der Waals surface area contributed by atoms with Crippen LogP contribution in [0.3, 0.4) is 0 Å². The highest BCUT2D eigenvalue weighted by molar-refractivity contribution is 8.13. The monoisotopic (exact) mass is 409 g/mol. The number of rotatable bonds is 3. The van der Waals surface area contributed by atoms with Gasteiger partial charge in [-0.15, -0.1) is 0 Å². The van der Waals surface area contributed by atoms with Gasteiger partial charge in [-0.3, -0.25) is 0 Å². The van der Waals surface area contributed by atoms with Gasteiger partial charge in [0.1, 0.15) is 4.90 Å². The van der Waals surface area contributed by atoms with Gasteiger partial charge in [0.05, 0.1) is 11.3 Å². The van der Waals surface area contributed by atoms with E-state index in [2.05, 4.69) is 0 Å². The van der Waals surface area contributed by atoms with Crippen LogP contribution in [0.2, 0.25) is 0 Å². The lowest BCUT2D eigenvalue weighted by molar-refractivity contribution is -0.0135. The van der Waals surface area contributed by atoms with Crippen LogP contribution in [0.5, 0.6) is 0 Å².